The van der Waals surface area contributed by atoms with Crippen LogP contribution in [0.1, 0.15) is 35.2 Å². The minimum atomic E-state index is -0.736. The summed E-state index contributed by atoms with van der Waals surface area (Å²) in [7, 11) is 1.56. The van der Waals surface area contributed by atoms with Gasteiger partial charge in [0.2, 0.25) is 0 Å². The molecule has 7 nitrogen and oxygen atoms in total. The Labute approximate surface area is 279 Å². The van der Waals surface area contributed by atoms with Crippen LogP contribution < -0.4 is 24.4 Å². The molecule has 0 fully saturated rings. The van der Waals surface area contributed by atoms with E-state index in [0.717, 1.165) is 22.3 Å². The Bertz CT molecular complexity index is 2130. The number of ether oxygens (including phenoxy) is 3. The first-order valence-electron chi connectivity index (χ1n) is 14.5. The zero-order valence-corrected chi connectivity index (χ0v) is 27.2. The molecule has 0 unspecified atom stereocenters. The SMILES string of the molecule is CCOC(=O)C1=C(c2ccccc2)N=c2s/c(=C\c3ccc(OCc4ccc(Cl)c(Cl)c4)c(OC)c3)c(=O)n2[C@H]1c1ccccc1. The average molecular weight is 672 g/mol. The molecule has 4 aromatic carbocycles. The lowest BCUT2D eigenvalue weighted by Crippen LogP contribution is -2.39. The summed E-state index contributed by atoms with van der Waals surface area (Å²) in [6, 6.07) is 28.9. The van der Waals surface area contributed by atoms with E-state index < -0.39 is 12.0 Å². The van der Waals surface area contributed by atoms with Gasteiger partial charge in [-0.1, -0.05) is 107 Å². The monoisotopic (exact) mass is 670 g/mol. The fraction of sp³-hybridized carbons (Fsp3) is 0.139. The lowest BCUT2D eigenvalue weighted by molar-refractivity contribution is -0.138. The van der Waals surface area contributed by atoms with Gasteiger partial charge in [-0.2, -0.15) is 0 Å². The number of rotatable bonds is 9. The first kappa shape index (κ1) is 31.4. The third-order valence-corrected chi connectivity index (χ3v) is 9.07. The molecule has 1 aliphatic heterocycles. The van der Waals surface area contributed by atoms with E-state index >= 15 is 0 Å². The van der Waals surface area contributed by atoms with Gasteiger partial charge in [0.05, 0.1) is 45.6 Å². The largest absolute Gasteiger partial charge is 0.493 e. The van der Waals surface area contributed by atoms with Crippen molar-refractivity contribution < 1.29 is 19.0 Å². The molecule has 0 bridgehead atoms. The summed E-state index contributed by atoms with van der Waals surface area (Å²) in [5, 5.41) is 0.924. The molecule has 0 aliphatic carbocycles. The maximum Gasteiger partial charge on any atom is 0.338 e. The number of nitrogens with zero attached hydrogens (tertiary/aromatic N) is 2. The Balaban J connectivity index is 1.44. The van der Waals surface area contributed by atoms with Crippen molar-refractivity contribution in [2.75, 3.05) is 13.7 Å². The topological polar surface area (TPSA) is 79.1 Å². The van der Waals surface area contributed by atoms with Crippen molar-refractivity contribution in [1.29, 1.82) is 0 Å². The fourth-order valence-corrected chi connectivity index (χ4v) is 6.55. The number of benzene rings is 4. The van der Waals surface area contributed by atoms with Crippen molar-refractivity contribution in [3.8, 4) is 11.5 Å². The third-order valence-electron chi connectivity index (χ3n) is 7.35. The van der Waals surface area contributed by atoms with E-state index in [-0.39, 0.29) is 18.8 Å². The van der Waals surface area contributed by atoms with Crippen molar-refractivity contribution >= 4 is 52.3 Å². The van der Waals surface area contributed by atoms with E-state index in [1.165, 1.54) is 11.3 Å². The number of fused-ring (bicyclic) bond motifs is 1. The second-order valence-electron chi connectivity index (χ2n) is 10.3. The van der Waals surface area contributed by atoms with Gasteiger partial charge in [0.15, 0.2) is 16.3 Å². The summed E-state index contributed by atoms with van der Waals surface area (Å²) < 4.78 is 19.2. The Morgan fingerprint density at radius 3 is 2.37 bits per heavy atom. The highest BCUT2D eigenvalue weighted by Crippen LogP contribution is 2.35. The van der Waals surface area contributed by atoms with E-state index in [4.69, 9.17) is 42.4 Å². The van der Waals surface area contributed by atoms with E-state index in [1.807, 2.05) is 72.8 Å². The van der Waals surface area contributed by atoms with E-state index in [1.54, 1.807) is 48.9 Å². The predicted octanol–water partition coefficient (Wildman–Crippen LogP) is 6.83. The van der Waals surface area contributed by atoms with Gasteiger partial charge < -0.3 is 14.2 Å². The lowest BCUT2D eigenvalue weighted by atomic mass is 9.93. The maximum absolute atomic E-state index is 14.1. The highest BCUT2D eigenvalue weighted by molar-refractivity contribution is 7.07. The lowest BCUT2D eigenvalue weighted by Gasteiger charge is -2.25. The molecule has 0 saturated carbocycles. The zero-order chi connectivity index (χ0) is 32.2. The van der Waals surface area contributed by atoms with Crippen molar-refractivity contribution in [2.45, 2.75) is 19.6 Å². The Morgan fingerprint density at radius 1 is 0.935 bits per heavy atom. The second-order valence-corrected chi connectivity index (χ2v) is 12.1. The van der Waals surface area contributed by atoms with Crippen LogP contribution in [0.4, 0.5) is 0 Å². The molecule has 0 spiro atoms. The minimum absolute atomic E-state index is 0.186. The first-order valence-corrected chi connectivity index (χ1v) is 16.0. The summed E-state index contributed by atoms with van der Waals surface area (Å²) in [6.07, 6.45) is 1.79. The predicted molar refractivity (Wildman–Crippen MR) is 181 cm³/mol. The molecule has 46 heavy (non-hydrogen) atoms. The number of hydrogen-bond acceptors (Lipinski definition) is 7. The van der Waals surface area contributed by atoms with Crippen LogP contribution in [0.2, 0.25) is 10.0 Å². The van der Waals surface area contributed by atoms with Gasteiger partial charge in [0.1, 0.15) is 6.61 Å². The van der Waals surface area contributed by atoms with Gasteiger partial charge in [-0.3, -0.25) is 9.36 Å². The highest BCUT2D eigenvalue weighted by Gasteiger charge is 2.35. The normalized spacial score (nSPS) is 14.4. The molecule has 2 heterocycles. The van der Waals surface area contributed by atoms with Crippen LogP contribution in [0.25, 0.3) is 11.8 Å². The van der Waals surface area contributed by atoms with Crippen LogP contribution in [0.5, 0.6) is 11.5 Å². The Hall–Kier alpha value is -4.63. The molecule has 0 saturated heterocycles. The van der Waals surface area contributed by atoms with Crippen LogP contribution in [0.3, 0.4) is 0 Å². The summed E-state index contributed by atoms with van der Waals surface area (Å²) in [5.74, 6) is 0.511. The molecule has 5 aromatic rings. The van der Waals surface area contributed by atoms with Gasteiger partial charge in [-0.15, -0.1) is 0 Å². The fourth-order valence-electron chi connectivity index (χ4n) is 5.23. The minimum Gasteiger partial charge on any atom is -0.493 e. The standard InChI is InChI=1S/C36H28Cl2N2O5S/c1-3-44-35(42)31-32(24-10-6-4-7-11-24)39-36-40(33(31)25-12-8-5-9-13-25)34(41)30(46-36)20-22-15-17-28(29(19-22)43-2)45-21-23-14-16-26(37)27(38)18-23/h4-20,33H,3,21H2,1-2H3/b30-20-/t33-/m0/s1. The number of esters is 1. The van der Waals surface area contributed by atoms with E-state index in [0.29, 0.717) is 42.1 Å². The van der Waals surface area contributed by atoms with Gasteiger partial charge in [0, 0.05) is 5.56 Å². The quantitative estimate of drug-likeness (QED) is 0.161. The van der Waals surface area contributed by atoms with Crippen molar-refractivity contribution in [2.24, 2.45) is 4.99 Å². The number of thiazole rings is 1. The Kier molecular flexibility index (Phi) is 9.40. The number of carbonyl (C=O) groups excluding carboxylic acids is 1. The molecule has 1 aromatic heterocycles. The summed E-state index contributed by atoms with van der Waals surface area (Å²) >= 11 is 13.4. The Morgan fingerprint density at radius 2 is 1.67 bits per heavy atom. The van der Waals surface area contributed by atoms with Crippen LogP contribution in [-0.4, -0.2) is 24.3 Å². The molecule has 232 valence electrons. The highest BCUT2D eigenvalue weighted by atomic mass is 35.5. The van der Waals surface area contributed by atoms with Gasteiger partial charge in [-0.25, -0.2) is 9.79 Å². The number of carbonyl (C=O) groups is 1. The van der Waals surface area contributed by atoms with Gasteiger partial charge >= 0.3 is 5.97 Å². The van der Waals surface area contributed by atoms with Gasteiger partial charge in [-0.05, 0) is 54.0 Å². The van der Waals surface area contributed by atoms with Crippen molar-refractivity contribution in [3.05, 3.63) is 155 Å². The number of hydrogen-bond donors (Lipinski definition) is 0. The molecule has 10 heteroatoms. The second kappa shape index (κ2) is 13.8. The summed E-state index contributed by atoms with van der Waals surface area (Å²) in [4.78, 5) is 33.1. The summed E-state index contributed by atoms with van der Waals surface area (Å²) in [6.45, 7) is 2.20. The molecule has 0 radical (unpaired) electrons. The third kappa shape index (κ3) is 6.37. The maximum atomic E-state index is 14.1. The van der Waals surface area contributed by atoms with Crippen molar-refractivity contribution in [1.82, 2.24) is 4.57 Å². The number of methoxy groups -OCH3 is 1. The molecule has 0 N–H and O–H groups in total. The summed E-state index contributed by atoms with van der Waals surface area (Å²) in [5.41, 5.74) is 3.62. The van der Waals surface area contributed by atoms with Crippen LogP contribution >= 0.6 is 34.5 Å². The van der Waals surface area contributed by atoms with E-state index in [2.05, 4.69) is 0 Å². The van der Waals surface area contributed by atoms with Crippen molar-refractivity contribution in [3.63, 3.8) is 0 Å². The molecular formula is C36H28Cl2N2O5S. The van der Waals surface area contributed by atoms with Gasteiger partial charge in [0.25, 0.3) is 5.56 Å². The number of aromatic nitrogens is 1. The molecule has 1 atom stereocenters. The molecule has 1 aliphatic rings. The van der Waals surface area contributed by atoms with Crippen LogP contribution in [-0.2, 0) is 16.1 Å². The number of halogens is 2. The smallest absolute Gasteiger partial charge is 0.338 e. The first-order chi connectivity index (χ1) is 22.4. The molecule has 6 rings (SSSR count). The van der Waals surface area contributed by atoms with Crippen LogP contribution in [0, 0.1) is 0 Å². The molecule has 0 amide bonds. The average Bonchev–Trinajstić information content (AvgIpc) is 3.39. The van der Waals surface area contributed by atoms with E-state index in [9.17, 15) is 9.59 Å². The zero-order valence-electron chi connectivity index (χ0n) is 24.9. The molecular weight excluding hydrogens is 643 g/mol. The van der Waals surface area contributed by atoms with Crippen LogP contribution in [0.15, 0.2) is 112 Å².